The number of nitrogens with zero attached hydrogens (tertiary/aromatic N) is 1. The molecule has 126 valence electrons. The molecule has 0 aromatic heterocycles. The van der Waals surface area contributed by atoms with Crippen LogP contribution in [0.3, 0.4) is 0 Å². The van der Waals surface area contributed by atoms with E-state index >= 15 is 0 Å². The summed E-state index contributed by atoms with van der Waals surface area (Å²) in [5.74, 6) is 0. The Morgan fingerprint density at radius 2 is 1.86 bits per heavy atom. The van der Waals surface area contributed by atoms with Gasteiger partial charge in [0.1, 0.15) is 14.0 Å². The van der Waals surface area contributed by atoms with Gasteiger partial charge in [0.2, 0.25) is 0 Å². The van der Waals surface area contributed by atoms with E-state index in [1.807, 2.05) is 0 Å². The highest BCUT2D eigenvalue weighted by Gasteiger charge is 2.42. The summed E-state index contributed by atoms with van der Waals surface area (Å²) in [6, 6.07) is -0.775. The number of hydrogen-bond donors (Lipinski definition) is 4. The number of rotatable bonds is 8. The van der Waals surface area contributed by atoms with Crippen molar-refractivity contribution in [3.05, 3.63) is 0 Å². The largest absolute Gasteiger partial charge is 0.489 e. The van der Waals surface area contributed by atoms with E-state index in [0.717, 1.165) is 0 Å². The van der Waals surface area contributed by atoms with Crippen LogP contribution < -0.4 is 0 Å². The third kappa shape index (κ3) is 6.70. The standard InChI is InChI=1S/C6H13BNO11P3/c1-8-20(10,18-22(14,15)19-21(11,12)13)16-3-5-4(9)2-6(7)17-5/h4-6,9H,1-3H2,(H,14,15)(H2,11,12,13). The smallest absolute Gasteiger partial charge is 0.390 e. The number of aliphatic hydroxyl groups excluding tert-OH is 1. The second-order valence-electron chi connectivity index (χ2n) is 4.04. The lowest BCUT2D eigenvalue weighted by molar-refractivity contribution is 0.000318. The Morgan fingerprint density at radius 1 is 1.27 bits per heavy atom. The highest BCUT2D eigenvalue weighted by molar-refractivity contribution is 7.68. The van der Waals surface area contributed by atoms with Crippen LogP contribution in [0.2, 0.25) is 0 Å². The van der Waals surface area contributed by atoms with Crippen LogP contribution in [0, 0.1) is 0 Å². The van der Waals surface area contributed by atoms with Crippen LogP contribution in [0.4, 0.5) is 0 Å². The van der Waals surface area contributed by atoms with Gasteiger partial charge in [-0.2, -0.15) is 13.4 Å². The van der Waals surface area contributed by atoms with Crippen molar-refractivity contribution in [1.82, 2.24) is 0 Å². The zero-order chi connectivity index (χ0) is 17.2. The molecule has 4 N–H and O–H groups in total. The summed E-state index contributed by atoms with van der Waals surface area (Å²) in [5, 5.41) is 9.52. The maximum Gasteiger partial charge on any atom is 0.489 e. The molecule has 22 heavy (non-hydrogen) atoms. The SMILES string of the molecule is [B]C1CC(O)C(COP(=O)(N=C)OP(=O)(O)OP(=O)(O)O)O1. The second kappa shape index (κ2) is 7.33. The maximum absolute atomic E-state index is 11.9. The van der Waals surface area contributed by atoms with Crippen LogP contribution >= 0.6 is 23.4 Å². The number of aliphatic hydroxyl groups is 1. The third-order valence-corrected chi connectivity index (χ3v) is 6.39. The molecular formula is C6H13BNO11P3. The van der Waals surface area contributed by atoms with Crippen LogP contribution in [0.1, 0.15) is 6.42 Å². The summed E-state index contributed by atoms with van der Waals surface area (Å²) in [6.07, 6.45) is -1.96. The molecule has 16 heteroatoms. The highest BCUT2D eigenvalue weighted by atomic mass is 31.3. The Labute approximate surface area is 126 Å². The average Bonchev–Trinajstić information content (AvgIpc) is 2.61. The van der Waals surface area contributed by atoms with E-state index in [2.05, 4.69) is 24.6 Å². The van der Waals surface area contributed by atoms with Gasteiger partial charge in [0.25, 0.3) is 0 Å². The van der Waals surface area contributed by atoms with Gasteiger partial charge in [0.05, 0.1) is 12.7 Å². The van der Waals surface area contributed by atoms with Gasteiger partial charge in [-0.1, -0.05) is 0 Å². The van der Waals surface area contributed by atoms with Crippen LogP contribution in [-0.2, 0) is 31.6 Å². The Hall–Kier alpha value is 0.105. The van der Waals surface area contributed by atoms with E-state index in [4.69, 9.17) is 27.3 Å². The van der Waals surface area contributed by atoms with Crippen LogP contribution in [0.25, 0.3) is 0 Å². The molecule has 1 aliphatic rings. The Morgan fingerprint density at radius 3 is 2.27 bits per heavy atom. The quantitative estimate of drug-likeness (QED) is 0.246. The van der Waals surface area contributed by atoms with E-state index in [9.17, 15) is 18.8 Å². The molecule has 1 saturated heterocycles. The number of phosphoric acid groups is 2. The fraction of sp³-hybridized carbons (Fsp3) is 0.833. The summed E-state index contributed by atoms with van der Waals surface area (Å²) < 4.78 is 53.7. The lowest BCUT2D eigenvalue weighted by Gasteiger charge is -2.19. The fourth-order valence-corrected chi connectivity index (χ4v) is 4.77. The van der Waals surface area contributed by atoms with Gasteiger partial charge in [-0.25, -0.2) is 13.7 Å². The topological polar surface area (TPSA) is 181 Å². The summed E-state index contributed by atoms with van der Waals surface area (Å²) in [7, 11) is -10.2. The van der Waals surface area contributed by atoms with E-state index in [1.165, 1.54) is 0 Å². The van der Waals surface area contributed by atoms with Crippen molar-refractivity contribution in [1.29, 1.82) is 0 Å². The minimum absolute atomic E-state index is 0.0838. The minimum atomic E-state index is -5.45. The predicted octanol–water partition coefficient (Wildman–Crippen LogP) is -0.318. The summed E-state index contributed by atoms with van der Waals surface area (Å²) in [6.45, 7) is 2.22. The first-order chi connectivity index (χ1) is 9.86. The zero-order valence-electron chi connectivity index (χ0n) is 10.9. The molecule has 0 bridgehead atoms. The van der Waals surface area contributed by atoms with Crippen molar-refractivity contribution < 1.29 is 51.4 Å². The Kier molecular flexibility index (Phi) is 6.72. The molecule has 1 fully saturated rings. The van der Waals surface area contributed by atoms with E-state index < -0.39 is 48.2 Å². The van der Waals surface area contributed by atoms with E-state index in [0.29, 0.717) is 0 Å². The molecule has 0 saturated carbocycles. The third-order valence-electron chi connectivity index (χ3n) is 2.24. The molecule has 5 atom stereocenters. The van der Waals surface area contributed by atoms with E-state index in [1.54, 1.807) is 0 Å². The Balaban J connectivity index is 2.68. The van der Waals surface area contributed by atoms with Crippen LogP contribution in [-0.4, -0.2) is 59.2 Å². The Bertz CT molecular complexity index is 550. The zero-order valence-corrected chi connectivity index (χ0v) is 13.5. The highest BCUT2D eigenvalue weighted by Crippen LogP contribution is 2.68. The maximum atomic E-state index is 11.9. The number of ether oxygens (including phenoxy) is 1. The molecule has 5 unspecified atom stereocenters. The number of hydrogen-bond acceptors (Lipinski definition) is 8. The van der Waals surface area contributed by atoms with Crippen molar-refractivity contribution in [3.8, 4) is 0 Å². The van der Waals surface area contributed by atoms with Gasteiger partial charge >= 0.3 is 23.4 Å². The molecule has 0 amide bonds. The second-order valence-corrected chi connectivity index (χ2v) is 8.75. The first-order valence-electron chi connectivity index (χ1n) is 5.49. The van der Waals surface area contributed by atoms with Crippen molar-refractivity contribution in [2.75, 3.05) is 6.61 Å². The van der Waals surface area contributed by atoms with E-state index in [-0.39, 0.29) is 6.42 Å². The summed E-state index contributed by atoms with van der Waals surface area (Å²) >= 11 is 0. The molecule has 0 aliphatic carbocycles. The van der Waals surface area contributed by atoms with Crippen molar-refractivity contribution in [2.45, 2.75) is 24.6 Å². The van der Waals surface area contributed by atoms with Gasteiger partial charge in [-0.05, 0) is 13.1 Å². The molecule has 0 aromatic carbocycles. The van der Waals surface area contributed by atoms with Crippen molar-refractivity contribution >= 4 is 38.0 Å². The summed E-state index contributed by atoms with van der Waals surface area (Å²) in [4.78, 5) is 25.9. The van der Waals surface area contributed by atoms with Gasteiger partial charge in [0, 0.05) is 6.00 Å². The monoisotopic (exact) mass is 379 g/mol. The van der Waals surface area contributed by atoms with Gasteiger partial charge in [-0.15, -0.1) is 0 Å². The molecule has 1 aliphatic heterocycles. The predicted molar refractivity (Wildman–Crippen MR) is 72.2 cm³/mol. The summed E-state index contributed by atoms with van der Waals surface area (Å²) in [5.41, 5.74) is 0. The van der Waals surface area contributed by atoms with Crippen molar-refractivity contribution in [3.63, 3.8) is 0 Å². The molecule has 2 radical (unpaired) electrons. The van der Waals surface area contributed by atoms with Gasteiger partial charge in [-0.3, -0.25) is 4.52 Å². The first kappa shape index (κ1) is 20.2. The fourth-order valence-electron chi connectivity index (χ4n) is 1.45. The molecular weight excluding hydrogens is 366 g/mol. The molecule has 1 rings (SSSR count). The lowest BCUT2D eigenvalue weighted by Crippen LogP contribution is -2.26. The van der Waals surface area contributed by atoms with Crippen molar-refractivity contribution in [2.24, 2.45) is 4.76 Å². The average molecular weight is 379 g/mol. The van der Waals surface area contributed by atoms with Crippen LogP contribution in [0.5, 0.6) is 0 Å². The normalized spacial score (nSPS) is 31.4. The molecule has 1 heterocycles. The van der Waals surface area contributed by atoms with Crippen LogP contribution in [0.15, 0.2) is 4.76 Å². The molecule has 0 spiro atoms. The van der Waals surface area contributed by atoms with Gasteiger partial charge in [0.15, 0.2) is 0 Å². The minimum Gasteiger partial charge on any atom is -0.390 e. The molecule has 12 nitrogen and oxygen atoms in total. The first-order valence-corrected chi connectivity index (χ1v) is 10.0. The lowest BCUT2D eigenvalue weighted by atomic mass is 9.96. The van der Waals surface area contributed by atoms with Gasteiger partial charge < -0.3 is 24.5 Å². The molecule has 0 aromatic rings.